The van der Waals surface area contributed by atoms with Crippen LogP contribution in [-0.2, 0) is 32.7 Å². The highest BCUT2D eigenvalue weighted by molar-refractivity contribution is 7.47. The van der Waals surface area contributed by atoms with Crippen LogP contribution in [0, 0.1) is 0 Å². The van der Waals surface area contributed by atoms with Crippen LogP contribution in [0.5, 0.6) is 0 Å². The third kappa shape index (κ3) is 85.9. The number of hydrogen-bond acceptors (Lipinski definition) is 8. The first-order chi connectivity index (χ1) is 50.8. The lowest BCUT2D eigenvalue weighted by Crippen LogP contribution is -2.29. The number of phosphoric ester groups is 1. The maximum Gasteiger partial charge on any atom is 0.472 e. The Morgan fingerprint density at radius 3 is 0.748 bits per heavy atom. The van der Waals surface area contributed by atoms with Crippen LogP contribution in [0.25, 0.3) is 0 Å². The summed E-state index contributed by atoms with van der Waals surface area (Å²) in [6, 6.07) is 0. The summed E-state index contributed by atoms with van der Waals surface area (Å²) in [5.41, 5.74) is 5.42. The number of hydrogen-bond donors (Lipinski definition) is 2. The summed E-state index contributed by atoms with van der Waals surface area (Å²) in [6.45, 7) is 3.53. The zero-order chi connectivity index (χ0) is 74.3. The summed E-state index contributed by atoms with van der Waals surface area (Å²) in [5.74, 6) is -0.828. The molecule has 3 N–H and O–H groups in total. The van der Waals surface area contributed by atoms with Crippen molar-refractivity contribution >= 4 is 19.8 Å². The molecule has 0 heterocycles. The second kappa shape index (κ2) is 86.0. The van der Waals surface area contributed by atoms with Gasteiger partial charge in [0.15, 0.2) is 6.10 Å². The van der Waals surface area contributed by atoms with E-state index in [0.717, 1.165) is 141 Å². The topological polar surface area (TPSA) is 134 Å². The number of ether oxygens (including phenoxy) is 2. The summed E-state index contributed by atoms with van der Waals surface area (Å²) >= 11 is 0. The van der Waals surface area contributed by atoms with Crippen molar-refractivity contribution in [1.82, 2.24) is 0 Å². The molecule has 0 saturated heterocycles. The SMILES string of the molecule is CC/C=C\C/C=C\C/C=C\C/C=C\C/C=C\C/C=C\C/C=C\C/C=C\C/C=C\C/C=C\CCCCCCCCCCCCC(=O)OC(COC(=O)CCCCCCCCCCCCCCCCCCCCCCCCCCC/C=C\C/C=C\C/C=C\C/C=C\C/C=C\CC)COP(=O)(O)OCCN. The van der Waals surface area contributed by atoms with Crippen LogP contribution in [0.4, 0.5) is 0 Å². The highest BCUT2D eigenvalue weighted by Gasteiger charge is 2.26. The van der Waals surface area contributed by atoms with E-state index in [4.69, 9.17) is 24.3 Å². The number of esters is 2. The fourth-order valence-corrected chi connectivity index (χ4v) is 12.4. The lowest BCUT2D eigenvalue weighted by atomic mass is 10.0. The summed E-state index contributed by atoms with van der Waals surface area (Å²) in [6.07, 6.45) is 129. The van der Waals surface area contributed by atoms with Gasteiger partial charge in [-0.15, -0.1) is 0 Å². The monoisotopic (exact) mass is 1450 g/mol. The quantitative estimate of drug-likeness (QED) is 0.0264. The fraction of sp³-hybridized carbons (Fsp3) is 0.656. The second-order valence-electron chi connectivity index (χ2n) is 27.6. The smallest absolute Gasteiger partial charge is 0.462 e. The van der Waals surface area contributed by atoms with E-state index in [1.54, 1.807) is 0 Å². The van der Waals surface area contributed by atoms with Gasteiger partial charge in [0.2, 0.25) is 0 Å². The number of carbonyl (C=O) groups excluding carboxylic acids is 2. The van der Waals surface area contributed by atoms with Crippen LogP contribution in [0.2, 0.25) is 0 Å². The molecule has 0 aromatic heterocycles. The van der Waals surface area contributed by atoms with Crippen molar-refractivity contribution in [2.75, 3.05) is 26.4 Å². The number of allylic oxidation sites excluding steroid dienone is 30. The molecule has 0 rings (SSSR count). The number of rotatable bonds is 78. The van der Waals surface area contributed by atoms with E-state index in [1.807, 2.05) is 0 Å². The fourth-order valence-electron chi connectivity index (χ4n) is 11.6. The van der Waals surface area contributed by atoms with Gasteiger partial charge in [-0.1, -0.05) is 395 Å². The summed E-state index contributed by atoms with van der Waals surface area (Å²) < 4.78 is 33.3. The van der Waals surface area contributed by atoms with Gasteiger partial charge in [0.05, 0.1) is 13.2 Å². The van der Waals surface area contributed by atoms with Crippen molar-refractivity contribution in [3.63, 3.8) is 0 Å². The molecular formula is C93H156NO8P. The lowest BCUT2D eigenvalue weighted by Gasteiger charge is -2.19. The Labute approximate surface area is 634 Å². The summed E-state index contributed by atoms with van der Waals surface area (Å²) in [7, 11) is -4.41. The minimum atomic E-state index is -4.41. The predicted octanol–water partition coefficient (Wildman–Crippen LogP) is 29.0. The Kier molecular flexibility index (Phi) is 81.9. The Morgan fingerprint density at radius 2 is 0.505 bits per heavy atom. The van der Waals surface area contributed by atoms with Crippen LogP contribution in [0.15, 0.2) is 182 Å². The van der Waals surface area contributed by atoms with Gasteiger partial charge in [-0.05, 0) is 135 Å². The molecular weight excluding hydrogens is 1290 g/mol. The summed E-state index contributed by atoms with van der Waals surface area (Å²) in [5, 5.41) is 0. The van der Waals surface area contributed by atoms with Crippen LogP contribution < -0.4 is 5.73 Å². The van der Waals surface area contributed by atoms with Crippen LogP contribution in [0.3, 0.4) is 0 Å². The Balaban J connectivity index is 3.84. The Morgan fingerprint density at radius 1 is 0.291 bits per heavy atom. The van der Waals surface area contributed by atoms with Crippen molar-refractivity contribution < 1.29 is 37.6 Å². The van der Waals surface area contributed by atoms with Gasteiger partial charge >= 0.3 is 19.8 Å². The molecule has 0 bridgehead atoms. The normalized spacial score (nSPS) is 13.8. The van der Waals surface area contributed by atoms with E-state index >= 15 is 0 Å². The molecule has 103 heavy (non-hydrogen) atoms. The van der Waals surface area contributed by atoms with Crippen LogP contribution in [-0.4, -0.2) is 49.3 Å². The van der Waals surface area contributed by atoms with Gasteiger partial charge in [0.1, 0.15) is 6.61 Å². The average molecular weight is 1450 g/mol. The van der Waals surface area contributed by atoms with Crippen molar-refractivity contribution in [3.8, 4) is 0 Å². The molecule has 2 atom stereocenters. The van der Waals surface area contributed by atoms with E-state index < -0.39 is 26.5 Å². The summed E-state index contributed by atoms with van der Waals surface area (Å²) in [4.78, 5) is 35.5. The van der Waals surface area contributed by atoms with Crippen molar-refractivity contribution in [2.24, 2.45) is 5.73 Å². The van der Waals surface area contributed by atoms with Gasteiger partial charge in [0.25, 0.3) is 0 Å². The zero-order valence-corrected chi connectivity index (χ0v) is 67.1. The maximum atomic E-state index is 12.8. The van der Waals surface area contributed by atoms with Crippen molar-refractivity contribution in [1.29, 1.82) is 0 Å². The largest absolute Gasteiger partial charge is 0.472 e. The minimum Gasteiger partial charge on any atom is -0.462 e. The number of unbranched alkanes of at least 4 members (excludes halogenated alkanes) is 35. The third-order valence-corrected chi connectivity index (χ3v) is 18.8. The molecule has 0 radical (unpaired) electrons. The molecule has 2 unspecified atom stereocenters. The molecule has 0 amide bonds. The molecule has 0 fully saturated rings. The first-order valence-electron chi connectivity index (χ1n) is 42.3. The van der Waals surface area contributed by atoms with E-state index in [9.17, 15) is 19.0 Å². The minimum absolute atomic E-state index is 0.0472. The van der Waals surface area contributed by atoms with Gasteiger partial charge in [-0.2, -0.15) is 0 Å². The van der Waals surface area contributed by atoms with Crippen molar-refractivity contribution in [3.05, 3.63) is 182 Å². The molecule has 0 saturated carbocycles. The zero-order valence-electron chi connectivity index (χ0n) is 66.2. The maximum absolute atomic E-state index is 12.8. The Bertz CT molecular complexity index is 2360. The van der Waals surface area contributed by atoms with Crippen molar-refractivity contribution in [2.45, 2.75) is 367 Å². The van der Waals surface area contributed by atoms with Crippen LogP contribution >= 0.6 is 7.82 Å². The van der Waals surface area contributed by atoms with Gasteiger partial charge in [-0.3, -0.25) is 18.6 Å². The van der Waals surface area contributed by atoms with Gasteiger partial charge in [-0.25, -0.2) is 4.57 Å². The van der Waals surface area contributed by atoms with E-state index in [0.29, 0.717) is 6.42 Å². The van der Waals surface area contributed by atoms with E-state index in [1.165, 1.54) is 186 Å². The molecule has 0 aromatic rings. The molecule has 0 aliphatic heterocycles. The van der Waals surface area contributed by atoms with Gasteiger partial charge < -0.3 is 20.1 Å². The number of nitrogens with two attached hydrogens (primary N) is 1. The molecule has 0 aliphatic carbocycles. The Hall–Kier alpha value is -4.89. The standard InChI is InChI=1S/C93H156NO8P/c1-3-5-7-9-11-13-15-17-19-21-23-25-27-29-31-33-35-37-39-41-43-45-47-49-51-53-55-57-59-61-63-65-67-69-71-73-75-77-79-81-83-85-92(95)99-89-91(90-101-103(97,98)100-88-87-94)102-93(96)86-84-82-80-78-76-74-72-70-68-66-64-62-60-58-56-54-52-50-48-46-44-42-40-38-36-34-32-30-28-26-24-22-20-18-16-14-12-10-8-6-4-2/h5-8,11-14,17-20,23-26,29-32,36,38,42,44,48,50,54,56,60,62,91H,3-4,9-10,15-16,21-22,27-28,33-35,37,39-41,43,45-47,49,51-53,55,57-59,61,63-90,94H2,1-2H3,(H,97,98)/b7-5-,8-6-,13-11-,14-12-,19-17-,20-18-,25-23-,26-24-,31-29-,32-30-,38-36-,44-42-,50-48-,56-54-,62-60-. The first kappa shape index (κ1) is 98.1. The molecule has 0 spiro atoms. The van der Waals surface area contributed by atoms with Gasteiger partial charge in [0, 0.05) is 19.4 Å². The molecule has 0 aliphatic rings. The molecule has 10 heteroatoms. The molecule has 0 aromatic carbocycles. The lowest BCUT2D eigenvalue weighted by molar-refractivity contribution is -0.161. The second-order valence-corrected chi connectivity index (χ2v) is 29.0. The number of carbonyl (C=O) groups is 2. The average Bonchev–Trinajstić information content (AvgIpc) is 0.970. The first-order valence-corrected chi connectivity index (χ1v) is 43.8. The highest BCUT2D eigenvalue weighted by Crippen LogP contribution is 2.43. The predicted molar refractivity (Wildman–Crippen MR) is 449 cm³/mol. The number of phosphoric acid groups is 1. The van der Waals surface area contributed by atoms with E-state index in [2.05, 4.69) is 196 Å². The molecule has 586 valence electrons. The third-order valence-electron chi connectivity index (χ3n) is 17.8. The van der Waals surface area contributed by atoms with E-state index in [-0.39, 0.29) is 38.6 Å². The highest BCUT2D eigenvalue weighted by atomic mass is 31.2. The molecule has 9 nitrogen and oxygen atoms in total. The van der Waals surface area contributed by atoms with Crippen LogP contribution in [0.1, 0.15) is 361 Å².